The number of hydrogen-bond acceptors (Lipinski definition) is 3. The van der Waals surface area contributed by atoms with Gasteiger partial charge in [-0.1, -0.05) is 38.1 Å². The molecule has 0 aliphatic heterocycles. The van der Waals surface area contributed by atoms with Crippen LogP contribution in [-0.2, 0) is 22.6 Å². The molecular formula is C15H25NO2. The Morgan fingerprint density at radius 2 is 1.61 bits per heavy atom. The third-order valence-corrected chi connectivity index (χ3v) is 3.05. The first-order valence-corrected chi connectivity index (χ1v) is 6.46. The normalized spacial score (nSPS) is 12.9. The predicted molar refractivity (Wildman–Crippen MR) is 74.5 cm³/mol. The maximum Gasteiger partial charge on any atom is 0.0713 e. The van der Waals surface area contributed by atoms with E-state index in [0.29, 0.717) is 18.6 Å². The summed E-state index contributed by atoms with van der Waals surface area (Å²) in [5, 5.41) is 3.53. The summed E-state index contributed by atoms with van der Waals surface area (Å²) in [6, 6.07) is 8.91. The first-order chi connectivity index (χ1) is 8.67. The molecule has 0 heterocycles. The minimum Gasteiger partial charge on any atom is -0.383 e. The van der Waals surface area contributed by atoms with Crippen LogP contribution in [0.2, 0.25) is 0 Å². The molecule has 3 heteroatoms. The second-order valence-corrected chi connectivity index (χ2v) is 4.94. The van der Waals surface area contributed by atoms with E-state index in [1.54, 1.807) is 14.2 Å². The van der Waals surface area contributed by atoms with Crippen molar-refractivity contribution < 1.29 is 9.47 Å². The average Bonchev–Trinajstić information content (AvgIpc) is 2.36. The molecule has 0 spiro atoms. The second-order valence-electron chi connectivity index (χ2n) is 4.94. The van der Waals surface area contributed by atoms with E-state index in [9.17, 15) is 0 Å². The summed E-state index contributed by atoms with van der Waals surface area (Å²) in [5.74, 6) is 0.567. The molecule has 0 aliphatic carbocycles. The molecule has 0 amide bonds. The lowest BCUT2D eigenvalue weighted by molar-refractivity contribution is 0.146. The quantitative estimate of drug-likeness (QED) is 0.770. The van der Waals surface area contributed by atoms with E-state index in [0.717, 1.165) is 13.2 Å². The van der Waals surface area contributed by atoms with Crippen LogP contribution >= 0.6 is 0 Å². The highest BCUT2D eigenvalue weighted by Gasteiger charge is 2.11. The first-order valence-electron chi connectivity index (χ1n) is 6.46. The van der Waals surface area contributed by atoms with Crippen molar-refractivity contribution in [1.29, 1.82) is 0 Å². The molecule has 1 aromatic rings. The number of rotatable bonds is 8. The number of methoxy groups -OCH3 is 2. The third-order valence-electron chi connectivity index (χ3n) is 3.05. The second kappa shape index (κ2) is 8.25. The molecule has 0 radical (unpaired) electrons. The zero-order chi connectivity index (χ0) is 13.4. The van der Waals surface area contributed by atoms with Crippen molar-refractivity contribution in [3.8, 4) is 0 Å². The Bertz CT molecular complexity index is 322. The van der Waals surface area contributed by atoms with Gasteiger partial charge in [-0.25, -0.2) is 0 Å². The molecular weight excluding hydrogens is 226 g/mol. The van der Waals surface area contributed by atoms with Crippen LogP contribution in [0.5, 0.6) is 0 Å². The fourth-order valence-electron chi connectivity index (χ4n) is 1.84. The summed E-state index contributed by atoms with van der Waals surface area (Å²) in [7, 11) is 3.46. The maximum absolute atomic E-state index is 5.23. The van der Waals surface area contributed by atoms with Crippen LogP contribution in [0.4, 0.5) is 0 Å². The minimum atomic E-state index is 0.397. The Balaban J connectivity index is 2.46. The molecule has 1 unspecified atom stereocenters. The van der Waals surface area contributed by atoms with Crippen LogP contribution < -0.4 is 5.32 Å². The van der Waals surface area contributed by atoms with Gasteiger partial charge in [-0.05, 0) is 17.0 Å². The Morgan fingerprint density at radius 1 is 1.00 bits per heavy atom. The van der Waals surface area contributed by atoms with Gasteiger partial charge in [-0.3, -0.25) is 0 Å². The molecule has 0 aliphatic rings. The summed E-state index contributed by atoms with van der Waals surface area (Å²) in [4.78, 5) is 0. The summed E-state index contributed by atoms with van der Waals surface area (Å²) < 4.78 is 10.3. The number of ether oxygens (including phenoxy) is 2. The number of hydrogen-bond donors (Lipinski definition) is 1. The van der Waals surface area contributed by atoms with Gasteiger partial charge in [0.05, 0.1) is 13.2 Å². The lowest BCUT2D eigenvalue weighted by Crippen LogP contribution is -2.37. The molecule has 0 saturated carbocycles. The van der Waals surface area contributed by atoms with Gasteiger partial charge in [0, 0.05) is 26.8 Å². The topological polar surface area (TPSA) is 30.5 Å². The van der Waals surface area contributed by atoms with E-state index in [1.165, 1.54) is 11.1 Å². The molecule has 1 rings (SSSR count). The molecule has 0 bridgehead atoms. The van der Waals surface area contributed by atoms with Gasteiger partial charge in [0.2, 0.25) is 0 Å². The van der Waals surface area contributed by atoms with Crippen LogP contribution in [0, 0.1) is 5.92 Å². The largest absolute Gasteiger partial charge is 0.383 e. The molecule has 18 heavy (non-hydrogen) atoms. The van der Waals surface area contributed by atoms with Gasteiger partial charge < -0.3 is 14.8 Å². The summed E-state index contributed by atoms with van der Waals surface area (Å²) in [5.41, 5.74) is 2.50. The Labute approximate surface area is 110 Å². The van der Waals surface area contributed by atoms with Crippen molar-refractivity contribution in [2.75, 3.05) is 20.8 Å². The van der Waals surface area contributed by atoms with Crippen LogP contribution in [0.25, 0.3) is 0 Å². The number of nitrogens with one attached hydrogen (secondary N) is 1. The fourth-order valence-corrected chi connectivity index (χ4v) is 1.84. The highest BCUT2D eigenvalue weighted by atomic mass is 16.5. The standard InChI is InChI=1S/C15H25NO2/c1-12(2)15(11-18-4)16-9-13-5-7-14(8-6-13)10-17-3/h5-8,12,15-16H,9-11H2,1-4H3. The summed E-state index contributed by atoms with van der Waals surface area (Å²) >= 11 is 0. The molecule has 0 fully saturated rings. The lowest BCUT2D eigenvalue weighted by atomic mass is 10.0. The smallest absolute Gasteiger partial charge is 0.0713 e. The average molecular weight is 251 g/mol. The van der Waals surface area contributed by atoms with Gasteiger partial charge in [0.15, 0.2) is 0 Å². The van der Waals surface area contributed by atoms with Gasteiger partial charge in [0.25, 0.3) is 0 Å². The molecule has 3 nitrogen and oxygen atoms in total. The Morgan fingerprint density at radius 3 is 2.11 bits per heavy atom. The Kier molecular flexibility index (Phi) is 6.94. The van der Waals surface area contributed by atoms with E-state index < -0.39 is 0 Å². The first kappa shape index (κ1) is 15.2. The number of benzene rings is 1. The van der Waals surface area contributed by atoms with Crippen LogP contribution in [0.15, 0.2) is 24.3 Å². The van der Waals surface area contributed by atoms with Crippen LogP contribution in [0.1, 0.15) is 25.0 Å². The maximum atomic E-state index is 5.23. The van der Waals surface area contributed by atoms with Crippen LogP contribution in [0.3, 0.4) is 0 Å². The van der Waals surface area contributed by atoms with Gasteiger partial charge in [-0.2, -0.15) is 0 Å². The molecule has 1 atom stereocenters. The van der Waals surface area contributed by atoms with E-state index in [4.69, 9.17) is 9.47 Å². The highest BCUT2D eigenvalue weighted by Crippen LogP contribution is 2.07. The third kappa shape index (κ3) is 5.17. The molecule has 102 valence electrons. The Hall–Kier alpha value is -0.900. The van der Waals surface area contributed by atoms with Gasteiger partial charge in [0.1, 0.15) is 0 Å². The van der Waals surface area contributed by atoms with Crippen molar-refractivity contribution in [3.63, 3.8) is 0 Å². The highest BCUT2D eigenvalue weighted by molar-refractivity contribution is 5.22. The van der Waals surface area contributed by atoms with Crippen molar-refractivity contribution in [1.82, 2.24) is 5.32 Å². The summed E-state index contributed by atoms with van der Waals surface area (Å²) in [6.45, 7) is 6.71. The van der Waals surface area contributed by atoms with Gasteiger partial charge in [-0.15, -0.1) is 0 Å². The molecule has 1 N–H and O–H groups in total. The zero-order valence-electron chi connectivity index (χ0n) is 11.9. The molecule has 0 saturated heterocycles. The van der Waals surface area contributed by atoms with E-state index in [2.05, 4.69) is 43.4 Å². The van der Waals surface area contributed by atoms with Crippen molar-refractivity contribution >= 4 is 0 Å². The fraction of sp³-hybridized carbons (Fsp3) is 0.600. The van der Waals surface area contributed by atoms with E-state index in [-0.39, 0.29) is 0 Å². The molecule has 0 aromatic heterocycles. The summed E-state index contributed by atoms with van der Waals surface area (Å²) in [6.07, 6.45) is 0. The van der Waals surface area contributed by atoms with E-state index in [1.807, 2.05) is 0 Å². The van der Waals surface area contributed by atoms with Crippen molar-refractivity contribution in [2.45, 2.75) is 33.0 Å². The van der Waals surface area contributed by atoms with Crippen molar-refractivity contribution in [2.24, 2.45) is 5.92 Å². The minimum absolute atomic E-state index is 0.397. The molecule has 1 aromatic carbocycles. The van der Waals surface area contributed by atoms with E-state index >= 15 is 0 Å². The monoisotopic (exact) mass is 251 g/mol. The zero-order valence-corrected chi connectivity index (χ0v) is 11.9. The lowest BCUT2D eigenvalue weighted by Gasteiger charge is -2.21. The predicted octanol–water partition coefficient (Wildman–Crippen LogP) is 2.59. The van der Waals surface area contributed by atoms with Crippen LogP contribution in [-0.4, -0.2) is 26.9 Å². The van der Waals surface area contributed by atoms with Gasteiger partial charge >= 0.3 is 0 Å². The SMILES string of the molecule is COCc1ccc(CNC(COC)C(C)C)cc1. The van der Waals surface area contributed by atoms with Crippen molar-refractivity contribution in [3.05, 3.63) is 35.4 Å².